The molecule has 0 aromatic heterocycles. The summed E-state index contributed by atoms with van der Waals surface area (Å²) in [5.74, 6) is -1.10. The van der Waals surface area contributed by atoms with Gasteiger partial charge in [0.1, 0.15) is 0 Å². The summed E-state index contributed by atoms with van der Waals surface area (Å²) in [6, 6.07) is 12.4. The summed E-state index contributed by atoms with van der Waals surface area (Å²) >= 11 is 4.55. The highest BCUT2D eigenvalue weighted by atomic mass is 79.9. The van der Waals surface area contributed by atoms with E-state index in [1.807, 2.05) is 19.1 Å². The van der Waals surface area contributed by atoms with Gasteiger partial charge in [-0.25, -0.2) is 0 Å². The maximum atomic E-state index is 12.4. The SMILES string of the molecule is Cc1cc(Br)ccc1NC(=O)CNC(=O)c1ccccc1SCC(N)=O. The zero-order chi connectivity index (χ0) is 19.1. The number of amides is 3. The van der Waals surface area contributed by atoms with E-state index in [-0.39, 0.29) is 24.1 Å². The van der Waals surface area contributed by atoms with E-state index in [9.17, 15) is 14.4 Å². The van der Waals surface area contributed by atoms with Crippen molar-refractivity contribution >= 4 is 51.1 Å². The van der Waals surface area contributed by atoms with Gasteiger partial charge in [-0.1, -0.05) is 28.1 Å². The third-order valence-electron chi connectivity index (χ3n) is 3.37. The third kappa shape index (κ3) is 5.89. The minimum Gasteiger partial charge on any atom is -0.369 e. The van der Waals surface area contributed by atoms with Gasteiger partial charge in [-0.05, 0) is 42.8 Å². The number of halogens is 1. The van der Waals surface area contributed by atoms with E-state index in [0.29, 0.717) is 16.1 Å². The van der Waals surface area contributed by atoms with Crippen LogP contribution >= 0.6 is 27.7 Å². The van der Waals surface area contributed by atoms with Crippen LogP contribution in [0.3, 0.4) is 0 Å². The largest absolute Gasteiger partial charge is 0.369 e. The fourth-order valence-corrected chi connectivity index (χ4v) is 3.41. The van der Waals surface area contributed by atoms with Crippen molar-refractivity contribution < 1.29 is 14.4 Å². The van der Waals surface area contributed by atoms with E-state index < -0.39 is 5.91 Å². The maximum Gasteiger partial charge on any atom is 0.252 e. The Labute approximate surface area is 164 Å². The minimum atomic E-state index is -0.463. The molecule has 4 N–H and O–H groups in total. The van der Waals surface area contributed by atoms with E-state index >= 15 is 0 Å². The van der Waals surface area contributed by atoms with Crippen molar-refractivity contribution in [2.24, 2.45) is 5.73 Å². The Hall–Kier alpha value is -2.32. The average Bonchev–Trinajstić information content (AvgIpc) is 2.60. The first-order valence-electron chi connectivity index (χ1n) is 7.71. The summed E-state index contributed by atoms with van der Waals surface area (Å²) in [4.78, 5) is 36.0. The number of carbonyl (C=O) groups excluding carboxylic acids is 3. The molecular weight excluding hydrogens is 418 g/mol. The second-order valence-corrected chi connectivity index (χ2v) is 7.37. The van der Waals surface area contributed by atoms with Crippen LogP contribution < -0.4 is 16.4 Å². The highest BCUT2D eigenvalue weighted by molar-refractivity contribution is 9.10. The van der Waals surface area contributed by atoms with Crippen LogP contribution in [-0.2, 0) is 9.59 Å². The number of benzene rings is 2. The van der Waals surface area contributed by atoms with E-state index in [1.54, 1.807) is 30.3 Å². The number of hydrogen-bond donors (Lipinski definition) is 3. The number of hydrogen-bond acceptors (Lipinski definition) is 4. The first kappa shape index (κ1) is 20.0. The standard InChI is InChI=1S/C18H18BrN3O3S/c1-11-8-12(19)6-7-14(11)22-17(24)9-21-18(25)13-4-2-3-5-15(13)26-10-16(20)23/h2-8H,9-10H2,1H3,(H2,20,23)(H,21,25)(H,22,24). The first-order chi connectivity index (χ1) is 12.4. The van der Waals surface area contributed by atoms with Gasteiger partial charge in [-0.3, -0.25) is 14.4 Å². The van der Waals surface area contributed by atoms with Crippen molar-refractivity contribution in [1.29, 1.82) is 0 Å². The predicted octanol–water partition coefficient (Wildman–Crippen LogP) is 2.70. The lowest BCUT2D eigenvalue weighted by Crippen LogP contribution is -2.33. The summed E-state index contributed by atoms with van der Waals surface area (Å²) < 4.78 is 0.923. The molecule has 0 aliphatic heterocycles. The quantitative estimate of drug-likeness (QED) is 0.581. The van der Waals surface area contributed by atoms with Gasteiger partial charge in [0.2, 0.25) is 11.8 Å². The molecule has 0 saturated carbocycles. The van der Waals surface area contributed by atoms with Crippen molar-refractivity contribution in [3.05, 3.63) is 58.1 Å². The molecular formula is C18H18BrN3O3S. The number of anilines is 1. The number of nitrogens with two attached hydrogens (primary N) is 1. The molecule has 0 aliphatic carbocycles. The molecule has 0 heterocycles. The van der Waals surface area contributed by atoms with Gasteiger partial charge in [0.15, 0.2) is 0 Å². The van der Waals surface area contributed by atoms with Crippen molar-refractivity contribution in [2.75, 3.05) is 17.6 Å². The van der Waals surface area contributed by atoms with E-state index in [0.717, 1.165) is 10.0 Å². The van der Waals surface area contributed by atoms with Gasteiger partial charge in [0, 0.05) is 15.1 Å². The Kier molecular flexibility index (Phi) is 7.23. The van der Waals surface area contributed by atoms with Gasteiger partial charge in [-0.15, -0.1) is 11.8 Å². The Morgan fingerprint density at radius 1 is 1.15 bits per heavy atom. The second kappa shape index (κ2) is 9.40. The summed E-state index contributed by atoms with van der Waals surface area (Å²) in [6.07, 6.45) is 0. The van der Waals surface area contributed by atoms with Gasteiger partial charge in [0.25, 0.3) is 5.91 Å². The summed E-state index contributed by atoms with van der Waals surface area (Å²) in [5, 5.41) is 5.35. The lowest BCUT2D eigenvalue weighted by atomic mass is 10.2. The molecule has 136 valence electrons. The molecule has 3 amide bonds. The minimum absolute atomic E-state index is 0.0770. The zero-order valence-corrected chi connectivity index (χ0v) is 16.4. The Balaban J connectivity index is 1.96. The number of primary amides is 1. The lowest BCUT2D eigenvalue weighted by Gasteiger charge is -2.11. The van der Waals surface area contributed by atoms with Crippen LogP contribution in [0.2, 0.25) is 0 Å². The molecule has 0 aliphatic rings. The van der Waals surface area contributed by atoms with E-state index in [4.69, 9.17) is 5.73 Å². The van der Waals surface area contributed by atoms with Crippen LogP contribution in [0.25, 0.3) is 0 Å². The summed E-state index contributed by atoms with van der Waals surface area (Å²) in [6.45, 7) is 1.72. The number of nitrogens with one attached hydrogen (secondary N) is 2. The third-order valence-corrected chi connectivity index (χ3v) is 4.96. The Morgan fingerprint density at radius 2 is 1.88 bits per heavy atom. The molecule has 26 heavy (non-hydrogen) atoms. The summed E-state index contributed by atoms with van der Waals surface area (Å²) in [7, 11) is 0. The molecule has 0 fully saturated rings. The highest BCUT2D eigenvalue weighted by Gasteiger charge is 2.13. The molecule has 0 saturated heterocycles. The molecule has 8 heteroatoms. The van der Waals surface area contributed by atoms with Gasteiger partial charge >= 0.3 is 0 Å². The van der Waals surface area contributed by atoms with Gasteiger partial charge in [0.05, 0.1) is 17.9 Å². The highest BCUT2D eigenvalue weighted by Crippen LogP contribution is 2.22. The Bertz CT molecular complexity index is 842. The molecule has 0 spiro atoms. The zero-order valence-electron chi connectivity index (χ0n) is 14.0. The smallest absolute Gasteiger partial charge is 0.252 e. The van der Waals surface area contributed by atoms with Crippen LogP contribution in [0.1, 0.15) is 15.9 Å². The van der Waals surface area contributed by atoms with Crippen LogP contribution in [0, 0.1) is 6.92 Å². The Morgan fingerprint density at radius 3 is 2.58 bits per heavy atom. The fourth-order valence-electron chi connectivity index (χ4n) is 2.15. The molecule has 6 nitrogen and oxygen atoms in total. The topological polar surface area (TPSA) is 101 Å². The molecule has 0 radical (unpaired) electrons. The monoisotopic (exact) mass is 435 g/mol. The number of aryl methyl sites for hydroxylation is 1. The van der Waals surface area contributed by atoms with Crippen molar-refractivity contribution in [2.45, 2.75) is 11.8 Å². The average molecular weight is 436 g/mol. The maximum absolute atomic E-state index is 12.4. The van der Waals surface area contributed by atoms with Crippen LogP contribution in [0.5, 0.6) is 0 Å². The fraction of sp³-hybridized carbons (Fsp3) is 0.167. The molecule has 2 rings (SSSR count). The number of carbonyl (C=O) groups is 3. The summed E-state index contributed by atoms with van der Waals surface area (Å²) in [5.41, 5.74) is 7.13. The van der Waals surface area contributed by atoms with Crippen molar-refractivity contribution in [3.8, 4) is 0 Å². The molecule has 0 bridgehead atoms. The molecule has 0 unspecified atom stereocenters. The molecule has 0 atom stereocenters. The normalized spacial score (nSPS) is 10.2. The molecule has 2 aromatic carbocycles. The molecule has 2 aromatic rings. The second-order valence-electron chi connectivity index (χ2n) is 5.44. The van der Waals surface area contributed by atoms with Crippen LogP contribution in [0.15, 0.2) is 51.8 Å². The van der Waals surface area contributed by atoms with Crippen LogP contribution in [0.4, 0.5) is 5.69 Å². The van der Waals surface area contributed by atoms with Crippen molar-refractivity contribution in [1.82, 2.24) is 5.32 Å². The van der Waals surface area contributed by atoms with Gasteiger partial charge < -0.3 is 16.4 Å². The van der Waals surface area contributed by atoms with Crippen LogP contribution in [-0.4, -0.2) is 30.0 Å². The van der Waals surface area contributed by atoms with Crippen molar-refractivity contribution in [3.63, 3.8) is 0 Å². The number of rotatable bonds is 7. The lowest BCUT2D eigenvalue weighted by molar-refractivity contribution is -0.116. The van der Waals surface area contributed by atoms with E-state index in [1.165, 1.54) is 11.8 Å². The number of thioether (sulfide) groups is 1. The first-order valence-corrected chi connectivity index (χ1v) is 9.49. The van der Waals surface area contributed by atoms with Gasteiger partial charge in [-0.2, -0.15) is 0 Å². The predicted molar refractivity (Wildman–Crippen MR) is 106 cm³/mol. The van der Waals surface area contributed by atoms with E-state index in [2.05, 4.69) is 26.6 Å².